The molecule has 0 spiro atoms. The van der Waals surface area contributed by atoms with E-state index < -0.39 is 0 Å². The van der Waals surface area contributed by atoms with Crippen LogP contribution in [0.25, 0.3) is 0 Å². The maximum atomic E-state index is 5.65. The number of hydrogen-bond acceptors (Lipinski definition) is 3. The Labute approximate surface area is 134 Å². The second-order valence-electron chi connectivity index (χ2n) is 4.60. The van der Waals surface area contributed by atoms with Gasteiger partial charge in [-0.1, -0.05) is 34.1 Å². The average Bonchev–Trinajstić information content (AvgIpc) is 2.50. The number of rotatable bonds is 7. The Morgan fingerprint density at radius 1 is 1.00 bits per heavy atom. The van der Waals surface area contributed by atoms with E-state index in [1.54, 1.807) is 7.11 Å². The average molecular weight is 350 g/mol. The second-order valence-corrected chi connectivity index (χ2v) is 5.52. The van der Waals surface area contributed by atoms with Crippen molar-refractivity contribution >= 4 is 15.9 Å². The van der Waals surface area contributed by atoms with Gasteiger partial charge < -0.3 is 14.8 Å². The molecule has 2 aromatic rings. The first kappa shape index (κ1) is 15.9. The molecule has 0 fully saturated rings. The molecule has 112 valence electrons. The maximum absolute atomic E-state index is 5.65. The van der Waals surface area contributed by atoms with Gasteiger partial charge in [-0.25, -0.2) is 0 Å². The van der Waals surface area contributed by atoms with Gasteiger partial charge in [-0.2, -0.15) is 0 Å². The lowest BCUT2D eigenvalue weighted by Crippen LogP contribution is -2.14. The molecule has 2 aromatic carbocycles. The lowest BCUT2D eigenvalue weighted by Gasteiger charge is -2.13. The van der Waals surface area contributed by atoms with Gasteiger partial charge in [-0.3, -0.25) is 0 Å². The molecule has 0 radical (unpaired) electrons. The van der Waals surface area contributed by atoms with Gasteiger partial charge in [0.1, 0.15) is 11.5 Å². The molecule has 0 bridgehead atoms. The first-order valence-corrected chi connectivity index (χ1v) is 7.77. The summed E-state index contributed by atoms with van der Waals surface area (Å²) in [6.45, 7) is 4.16. The van der Waals surface area contributed by atoms with Gasteiger partial charge in [-0.15, -0.1) is 0 Å². The summed E-state index contributed by atoms with van der Waals surface area (Å²) in [5, 5.41) is 3.44. The molecule has 1 N–H and O–H groups in total. The molecule has 0 saturated carbocycles. The fourth-order valence-electron chi connectivity index (χ4n) is 2.16. The largest absolute Gasteiger partial charge is 0.496 e. The van der Waals surface area contributed by atoms with E-state index in [1.165, 1.54) is 0 Å². The normalized spacial score (nSPS) is 10.4. The van der Waals surface area contributed by atoms with Crippen LogP contribution in [-0.4, -0.2) is 13.7 Å². The molecule has 4 heteroatoms. The molecule has 0 atom stereocenters. The molecular weight excluding hydrogens is 330 g/mol. The molecule has 0 aromatic heterocycles. The van der Waals surface area contributed by atoms with Crippen molar-refractivity contribution in [3.63, 3.8) is 0 Å². The van der Waals surface area contributed by atoms with Crippen molar-refractivity contribution in [3.8, 4) is 11.5 Å². The van der Waals surface area contributed by atoms with E-state index in [2.05, 4.69) is 33.4 Å². The first-order chi connectivity index (χ1) is 10.2. The fourth-order valence-corrected chi connectivity index (χ4v) is 2.57. The molecule has 21 heavy (non-hydrogen) atoms. The van der Waals surface area contributed by atoms with Gasteiger partial charge in [0.15, 0.2) is 0 Å². The van der Waals surface area contributed by atoms with Crippen molar-refractivity contribution in [2.75, 3.05) is 13.7 Å². The Kier molecular flexibility index (Phi) is 6.08. The molecule has 0 heterocycles. The summed E-state index contributed by atoms with van der Waals surface area (Å²) in [6, 6.07) is 14.1. The number of ether oxygens (including phenoxy) is 2. The third-order valence-electron chi connectivity index (χ3n) is 3.15. The van der Waals surface area contributed by atoms with Crippen LogP contribution in [0.4, 0.5) is 0 Å². The highest BCUT2D eigenvalue weighted by Crippen LogP contribution is 2.23. The van der Waals surface area contributed by atoms with Crippen molar-refractivity contribution in [3.05, 3.63) is 58.1 Å². The van der Waals surface area contributed by atoms with E-state index in [0.717, 1.165) is 40.2 Å². The third-order valence-corrected chi connectivity index (χ3v) is 3.64. The van der Waals surface area contributed by atoms with Gasteiger partial charge >= 0.3 is 0 Å². The lowest BCUT2D eigenvalue weighted by molar-refractivity contribution is 0.335. The minimum atomic E-state index is 0.668. The quantitative estimate of drug-likeness (QED) is 0.814. The van der Waals surface area contributed by atoms with Crippen LogP contribution >= 0.6 is 15.9 Å². The van der Waals surface area contributed by atoms with Crippen molar-refractivity contribution < 1.29 is 9.47 Å². The van der Waals surface area contributed by atoms with E-state index in [1.807, 2.05) is 37.3 Å². The van der Waals surface area contributed by atoms with Gasteiger partial charge in [-0.05, 0) is 31.2 Å². The summed E-state index contributed by atoms with van der Waals surface area (Å²) in [6.07, 6.45) is 0. The number of nitrogens with one attached hydrogen (secondary N) is 1. The molecular formula is C17H20BrNO2. The van der Waals surface area contributed by atoms with Gasteiger partial charge in [0.2, 0.25) is 0 Å². The van der Waals surface area contributed by atoms with E-state index in [9.17, 15) is 0 Å². The number of methoxy groups -OCH3 is 1. The summed E-state index contributed by atoms with van der Waals surface area (Å²) < 4.78 is 12.1. The molecule has 0 saturated heterocycles. The van der Waals surface area contributed by atoms with E-state index in [4.69, 9.17) is 9.47 Å². The Balaban J connectivity index is 2.01. The van der Waals surface area contributed by atoms with Crippen LogP contribution in [0.2, 0.25) is 0 Å². The Bertz CT molecular complexity index is 587. The van der Waals surface area contributed by atoms with Crippen LogP contribution in [0.15, 0.2) is 46.9 Å². The predicted octanol–water partition coefficient (Wildman–Crippen LogP) is 4.15. The maximum Gasteiger partial charge on any atom is 0.123 e. The molecule has 0 unspecified atom stereocenters. The predicted molar refractivity (Wildman–Crippen MR) is 88.8 cm³/mol. The summed E-state index contributed by atoms with van der Waals surface area (Å²) in [7, 11) is 1.69. The molecule has 2 rings (SSSR count). The van der Waals surface area contributed by atoms with Crippen molar-refractivity contribution in [2.24, 2.45) is 0 Å². The van der Waals surface area contributed by atoms with Crippen LogP contribution in [0.3, 0.4) is 0 Å². The van der Waals surface area contributed by atoms with Crippen molar-refractivity contribution in [1.29, 1.82) is 0 Å². The topological polar surface area (TPSA) is 30.5 Å². The highest BCUT2D eigenvalue weighted by molar-refractivity contribution is 9.10. The van der Waals surface area contributed by atoms with Crippen LogP contribution in [0.5, 0.6) is 11.5 Å². The molecule has 0 aliphatic heterocycles. The summed E-state index contributed by atoms with van der Waals surface area (Å²) in [4.78, 5) is 0. The van der Waals surface area contributed by atoms with Crippen LogP contribution in [-0.2, 0) is 13.1 Å². The van der Waals surface area contributed by atoms with E-state index in [-0.39, 0.29) is 0 Å². The summed E-state index contributed by atoms with van der Waals surface area (Å²) >= 11 is 3.50. The van der Waals surface area contributed by atoms with E-state index >= 15 is 0 Å². The zero-order chi connectivity index (χ0) is 15.1. The SMILES string of the molecule is CCOc1ccc(Br)cc1CNCc1ccccc1OC. The smallest absolute Gasteiger partial charge is 0.123 e. The van der Waals surface area contributed by atoms with Crippen LogP contribution < -0.4 is 14.8 Å². The van der Waals surface area contributed by atoms with Gasteiger partial charge in [0.25, 0.3) is 0 Å². The second kappa shape index (κ2) is 8.05. The number of para-hydroxylation sites is 1. The highest BCUT2D eigenvalue weighted by Gasteiger charge is 2.05. The van der Waals surface area contributed by atoms with Crippen molar-refractivity contribution in [2.45, 2.75) is 20.0 Å². The van der Waals surface area contributed by atoms with E-state index in [0.29, 0.717) is 6.61 Å². The zero-order valence-corrected chi connectivity index (χ0v) is 13.9. The number of hydrogen-bond donors (Lipinski definition) is 1. The standard InChI is InChI=1S/C17H20BrNO2/c1-3-21-17-9-8-15(18)10-14(17)12-19-11-13-6-4-5-7-16(13)20-2/h4-10,19H,3,11-12H2,1-2H3. The lowest BCUT2D eigenvalue weighted by atomic mass is 10.1. The Morgan fingerprint density at radius 2 is 1.76 bits per heavy atom. The van der Waals surface area contributed by atoms with Crippen LogP contribution in [0, 0.1) is 0 Å². The Morgan fingerprint density at radius 3 is 2.52 bits per heavy atom. The fraction of sp³-hybridized carbons (Fsp3) is 0.294. The van der Waals surface area contributed by atoms with Gasteiger partial charge in [0.05, 0.1) is 13.7 Å². The first-order valence-electron chi connectivity index (χ1n) is 6.98. The molecule has 3 nitrogen and oxygen atoms in total. The van der Waals surface area contributed by atoms with Crippen molar-refractivity contribution in [1.82, 2.24) is 5.32 Å². The minimum absolute atomic E-state index is 0.668. The number of halogens is 1. The highest BCUT2D eigenvalue weighted by atomic mass is 79.9. The summed E-state index contributed by atoms with van der Waals surface area (Å²) in [5.74, 6) is 1.83. The molecule has 0 aliphatic rings. The minimum Gasteiger partial charge on any atom is -0.496 e. The van der Waals surface area contributed by atoms with Crippen LogP contribution in [0.1, 0.15) is 18.1 Å². The summed E-state index contributed by atoms with van der Waals surface area (Å²) in [5.41, 5.74) is 2.29. The third kappa shape index (κ3) is 4.48. The number of benzene rings is 2. The van der Waals surface area contributed by atoms with Gasteiger partial charge in [0, 0.05) is 28.7 Å². The monoisotopic (exact) mass is 349 g/mol. The molecule has 0 aliphatic carbocycles. The molecule has 0 amide bonds. The Hall–Kier alpha value is -1.52. The zero-order valence-electron chi connectivity index (χ0n) is 12.4.